The Morgan fingerprint density at radius 2 is 1.95 bits per heavy atom. The molecule has 0 saturated heterocycles. The van der Waals surface area contributed by atoms with E-state index >= 15 is 0 Å². The Bertz CT molecular complexity index is 669. The first-order valence-corrected chi connectivity index (χ1v) is 5.81. The summed E-state index contributed by atoms with van der Waals surface area (Å²) in [5.41, 5.74) is 5.38. The predicted molar refractivity (Wildman–Crippen MR) is 72.5 cm³/mol. The van der Waals surface area contributed by atoms with Gasteiger partial charge in [0.15, 0.2) is 5.82 Å². The van der Waals surface area contributed by atoms with Crippen molar-refractivity contribution in [2.24, 2.45) is 0 Å². The highest BCUT2D eigenvalue weighted by Crippen LogP contribution is 2.33. The van der Waals surface area contributed by atoms with Gasteiger partial charge in [0.2, 0.25) is 0 Å². The van der Waals surface area contributed by atoms with Crippen LogP contribution in [-0.2, 0) is 0 Å². The summed E-state index contributed by atoms with van der Waals surface area (Å²) in [5.74, 6) is -3.02. The van der Waals surface area contributed by atoms with E-state index in [-0.39, 0.29) is 27.6 Å². The van der Waals surface area contributed by atoms with E-state index < -0.39 is 17.6 Å². The first kappa shape index (κ1) is 14.1. The van der Waals surface area contributed by atoms with Crippen LogP contribution in [0.25, 0.3) is 0 Å². The second-order valence-electron chi connectivity index (χ2n) is 3.94. The highest BCUT2D eigenvalue weighted by Gasteiger charge is 2.16. The van der Waals surface area contributed by atoms with Crippen molar-refractivity contribution < 1.29 is 18.7 Å². The maximum Gasteiger partial charge on any atom is 0.337 e. The summed E-state index contributed by atoms with van der Waals surface area (Å²) in [5, 5.41) is 11.4. The molecule has 0 amide bonds. The van der Waals surface area contributed by atoms with Gasteiger partial charge in [-0.3, -0.25) is 0 Å². The molecule has 4 nitrogen and oxygen atoms in total. The molecule has 2 aromatic rings. The van der Waals surface area contributed by atoms with Crippen molar-refractivity contribution in [3.05, 3.63) is 52.6 Å². The van der Waals surface area contributed by atoms with Gasteiger partial charge >= 0.3 is 5.97 Å². The Kier molecular flexibility index (Phi) is 3.76. The lowest BCUT2D eigenvalue weighted by Gasteiger charge is -2.14. The smallest absolute Gasteiger partial charge is 0.337 e. The van der Waals surface area contributed by atoms with Crippen molar-refractivity contribution in [1.82, 2.24) is 0 Å². The lowest BCUT2D eigenvalue weighted by Crippen LogP contribution is -2.07. The highest BCUT2D eigenvalue weighted by molar-refractivity contribution is 6.33. The Labute approximate surface area is 117 Å². The Balaban J connectivity index is 2.53. The second-order valence-corrected chi connectivity index (χ2v) is 4.35. The molecule has 2 rings (SSSR count). The molecule has 0 saturated carbocycles. The van der Waals surface area contributed by atoms with Crippen LogP contribution in [-0.4, -0.2) is 11.1 Å². The van der Waals surface area contributed by atoms with E-state index in [1.807, 2.05) is 0 Å². The number of rotatable bonds is 3. The predicted octanol–water partition coefficient (Wildman–Crippen LogP) is 3.64. The number of benzene rings is 2. The number of hydrogen-bond donors (Lipinski definition) is 3. The van der Waals surface area contributed by atoms with Crippen molar-refractivity contribution >= 4 is 34.6 Å². The van der Waals surface area contributed by atoms with E-state index in [1.165, 1.54) is 18.2 Å². The molecule has 2 aromatic carbocycles. The van der Waals surface area contributed by atoms with E-state index in [1.54, 1.807) is 0 Å². The van der Waals surface area contributed by atoms with Crippen LogP contribution in [0.15, 0.2) is 30.3 Å². The minimum atomic E-state index is -1.24. The summed E-state index contributed by atoms with van der Waals surface area (Å²) in [6.07, 6.45) is 0. The van der Waals surface area contributed by atoms with Crippen LogP contribution in [0.3, 0.4) is 0 Å². The number of hydrogen-bond acceptors (Lipinski definition) is 3. The van der Waals surface area contributed by atoms with E-state index in [0.29, 0.717) is 6.07 Å². The van der Waals surface area contributed by atoms with Crippen LogP contribution >= 0.6 is 11.6 Å². The van der Waals surface area contributed by atoms with Gasteiger partial charge in [0.25, 0.3) is 0 Å². The van der Waals surface area contributed by atoms with Crippen LogP contribution in [0, 0.1) is 11.6 Å². The van der Waals surface area contributed by atoms with Crippen LogP contribution in [0.1, 0.15) is 10.4 Å². The van der Waals surface area contributed by atoms with E-state index in [9.17, 15) is 13.6 Å². The number of halogens is 3. The molecule has 0 aliphatic carbocycles. The molecule has 0 spiro atoms. The molecule has 7 heteroatoms. The number of para-hydroxylation sites is 1. The number of nitrogens with one attached hydrogen (secondary N) is 1. The number of carbonyl (C=O) groups is 1. The van der Waals surface area contributed by atoms with E-state index in [2.05, 4.69) is 5.32 Å². The standard InChI is InChI=1S/C13H9ClF2N2O2/c14-8-4-6(15)5-9(16)12(8)18-11-7(13(19)20)2-1-3-10(11)17/h1-5,18H,17H2,(H,19,20). The molecule has 104 valence electrons. The zero-order chi connectivity index (χ0) is 14.9. The van der Waals surface area contributed by atoms with Crippen LogP contribution in [0.5, 0.6) is 0 Å². The molecule has 20 heavy (non-hydrogen) atoms. The quantitative estimate of drug-likeness (QED) is 0.756. The molecule has 0 aliphatic heterocycles. The number of nitrogens with two attached hydrogens (primary N) is 1. The molecule has 4 N–H and O–H groups in total. The van der Waals surface area contributed by atoms with Crippen molar-refractivity contribution in [3.8, 4) is 0 Å². The summed E-state index contributed by atoms with van der Waals surface area (Å²) in [6.45, 7) is 0. The Hall–Kier alpha value is -2.34. The first-order valence-electron chi connectivity index (χ1n) is 5.43. The molecule has 0 unspecified atom stereocenters. The largest absolute Gasteiger partial charge is 0.478 e. The van der Waals surface area contributed by atoms with Gasteiger partial charge in [0.05, 0.1) is 27.6 Å². The van der Waals surface area contributed by atoms with Gasteiger partial charge in [-0.1, -0.05) is 17.7 Å². The maximum absolute atomic E-state index is 13.7. The molecule has 0 atom stereocenters. The zero-order valence-electron chi connectivity index (χ0n) is 9.95. The Morgan fingerprint density at radius 1 is 1.25 bits per heavy atom. The first-order chi connectivity index (χ1) is 9.40. The average molecular weight is 299 g/mol. The van der Waals surface area contributed by atoms with Gasteiger partial charge in [-0.25, -0.2) is 13.6 Å². The molecule has 0 aliphatic rings. The zero-order valence-corrected chi connectivity index (χ0v) is 10.7. The number of aromatic carboxylic acids is 1. The second kappa shape index (κ2) is 5.34. The summed E-state index contributed by atoms with van der Waals surface area (Å²) in [4.78, 5) is 11.1. The topological polar surface area (TPSA) is 75.4 Å². The maximum atomic E-state index is 13.7. The van der Waals surface area contributed by atoms with Gasteiger partial charge < -0.3 is 16.2 Å². The third kappa shape index (κ3) is 2.65. The molecule has 0 bridgehead atoms. The Morgan fingerprint density at radius 3 is 2.55 bits per heavy atom. The fourth-order valence-electron chi connectivity index (χ4n) is 1.67. The van der Waals surface area contributed by atoms with Gasteiger partial charge in [0.1, 0.15) is 5.82 Å². The molecule has 0 fully saturated rings. The van der Waals surface area contributed by atoms with Gasteiger partial charge in [-0.2, -0.15) is 0 Å². The average Bonchev–Trinajstić information content (AvgIpc) is 2.34. The minimum absolute atomic E-state index is 0.00703. The normalized spacial score (nSPS) is 10.3. The fraction of sp³-hybridized carbons (Fsp3) is 0. The van der Waals surface area contributed by atoms with Crippen molar-refractivity contribution in [2.45, 2.75) is 0 Å². The third-order valence-electron chi connectivity index (χ3n) is 2.58. The molecule has 0 heterocycles. The van der Waals surface area contributed by atoms with Crippen LogP contribution < -0.4 is 11.1 Å². The number of carboxylic acids is 1. The molecular formula is C13H9ClF2N2O2. The summed E-state index contributed by atoms with van der Waals surface area (Å²) in [6, 6.07) is 5.74. The van der Waals surface area contributed by atoms with Crippen molar-refractivity contribution in [3.63, 3.8) is 0 Å². The summed E-state index contributed by atoms with van der Waals surface area (Å²) in [7, 11) is 0. The SMILES string of the molecule is Nc1cccc(C(=O)O)c1Nc1c(F)cc(F)cc1Cl. The van der Waals surface area contributed by atoms with Crippen molar-refractivity contribution in [1.29, 1.82) is 0 Å². The lowest BCUT2D eigenvalue weighted by atomic mass is 10.1. The van der Waals surface area contributed by atoms with E-state index in [4.69, 9.17) is 22.4 Å². The molecular weight excluding hydrogens is 290 g/mol. The number of carboxylic acid groups (broad SMARTS) is 1. The summed E-state index contributed by atoms with van der Waals surface area (Å²) >= 11 is 5.74. The number of anilines is 3. The monoisotopic (exact) mass is 298 g/mol. The van der Waals surface area contributed by atoms with Gasteiger partial charge in [0, 0.05) is 6.07 Å². The van der Waals surface area contributed by atoms with Gasteiger partial charge in [-0.05, 0) is 18.2 Å². The molecule has 0 radical (unpaired) electrons. The van der Waals surface area contributed by atoms with Crippen LogP contribution in [0.2, 0.25) is 5.02 Å². The van der Waals surface area contributed by atoms with Crippen LogP contribution in [0.4, 0.5) is 25.8 Å². The van der Waals surface area contributed by atoms with Gasteiger partial charge in [-0.15, -0.1) is 0 Å². The van der Waals surface area contributed by atoms with E-state index in [0.717, 1.165) is 6.07 Å². The summed E-state index contributed by atoms with van der Waals surface area (Å²) < 4.78 is 26.6. The fourth-order valence-corrected chi connectivity index (χ4v) is 1.92. The number of nitrogen functional groups attached to an aromatic ring is 1. The van der Waals surface area contributed by atoms with Crippen molar-refractivity contribution in [2.75, 3.05) is 11.1 Å². The third-order valence-corrected chi connectivity index (χ3v) is 2.88. The molecule has 0 aromatic heterocycles. The lowest BCUT2D eigenvalue weighted by molar-refractivity contribution is 0.0698. The minimum Gasteiger partial charge on any atom is -0.478 e. The highest BCUT2D eigenvalue weighted by atomic mass is 35.5.